The summed E-state index contributed by atoms with van der Waals surface area (Å²) in [5.41, 5.74) is 4.49. The summed E-state index contributed by atoms with van der Waals surface area (Å²) in [4.78, 5) is 15.3. The van der Waals surface area contributed by atoms with Gasteiger partial charge < -0.3 is 25.7 Å². The third-order valence-electron chi connectivity index (χ3n) is 5.18. The molecule has 5 N–H and O–H groups in total. The number of nitrogens with one attached hydrogen (secondary N) is 4. The molecule has 7 heteroatoms. The van der Waals surface area contributed by atoms with Crippen molar-refractivity contribution in [2.75, 3.05) is 17.2 Å². The fraction of sp³-hybridized carbons (Fsp3) is 0.130. The number of fused-ring (bicyclic) bond motifs is 2. The third-order valence-corrected chi connectivity index (χ3v) is 5.18. The number of aromatic hydroxyl groups is 1. The van der Waals surface area contributed by atoms with Gasteiger partial charge in [-0.2, -0.15) is 4.98 Å². The zero-order valence-corrected chi connectivity index (χ0v) is 16.3. The molecule has 5 aromatic rings. The predicted octanol–water partition coefficient (Wildman–Crippen LogP) is 4.41. The van der Waals surface area contributed by atoms with E-state index in [2.05, 4.69) is 54.8 Å². The summed E-state index contributed by atoms with van der Waals surface area (Å²) in [6.07, 6.45) is 6.47. The van der Waals surface area contributed by atoms with E-state index in [4.69, 9.17) is 0 Å². The Labute approximate surface area is 173 Å². The first-order valence-corrected chi connectivity index (χ1v) is 9.90. The molecule has 30 heavy (non-hydrogen) atoms. The molecule has 0 bridgehead atoms. The van der Waals surface area contributed by atoms with Crippen molar-refractivity contribution in [3.63, 3.8) is 0 Å². The fourth-order valence-electron chi connectivity index (χ4n) is 3.63. The minimum atomic E-state index is 0.272. The summed E-state index contributed by atoms with van der Waals surface area (Å²) in [5.74, 6) is 1.64. The maximum Gasteiger partial charge on any atom is 0.224 e. The van der Waals surface area contributed by atoms with Crippen LogP contribution in [0.5, 0.6) is 5.75 Å². The Bertz CT molecular complexity index is 1310. The number of phenolic OH excluding ortho intramolecular Hbond substituents is 1. The second kappa shape index (κ2) is 7.79. The first-order chi connectivity index (χ1) is 14.7. The van der Waals surface area contributed by atoms with Crippen LogP contribution in [-0.2, 0) is 13.0 Å². The van der Waals surface area contributed by atoms with Crippen LogP contribution in [0.3, 0.4) is 0 Å². The first-order valence-electron chi connectivity index (χ1n) is 9.90. The summed E-state index contributed by atoms with van der Waals surface area (Å²) in [5, 5.41) is 18.6. The van der Waals surface area contributed by atoms with Crippen LogP contribution in [0.2, 0.25) is 0 Å². The number of aromatic amines is 2. The highest BCUT2D eigenvalue weighted by molar-refractivity contribution is 5.84. The van der Waals surface area contributed by atoms with Crippen LogP contribution >= 0.6 is 0 Å². The van der Waals surface area contributed by atoms with E-state index in [-0.39, 0.29) is 5.75 Å². The number of hydrogen-bond donors (Lipinski definition) is 5. The molecule has 5 rings (SSSR count). The molecule has 7 nitrogen and oxygen atoms in total. The minimum Gasteiger partial charge on any atom is -0.508 e. The summed E-state index contributed by atoms with van der Waals surface area (Å²) < 4.78 is 0. The molecule has 0 aliphatic heterocycles. The van der Waals surface area contributed by atoms with Gasteiger partial charge in [0.1, 0.15) is 11.6 Å². The van der Waals surface area contributed by atoms with E-state index in [1.807, 2.05) is 24.5 Å². The zero-order valence-electron chi connectivity index (χ0n) is 16.3. The molecule has 0 aliphatic rings. The second-order valence-electron chi connectivity index (χ2n) is 7.24. The number of H-pyrrole nitrogens is 2. The van der Waals surface area contributed by atoms with Crippen molar-refractivity contribution in [1.82, 2.24) is 19.9 Å². The molecule has 150 valence electrons. The largest absolute Gasteiger partial charge is 0.508 e. The number of phenols is 1. The van der Waals surface area contributed by atoms with E-state index >= 15 is 0 Å². The smallest absolute Gasteiger partial charge is 0.224 e. The highest BCUT2D eigenvalue weighted by atomic mass is 16.3. The van der Waals surface area contributed by atoms with Crippen molar-refractivity contribution in [2.24, 2.45) is 0 Å². The van der Waals surface area contributed by atoms with Crippen LogP contribution in [0.25, 0.3) is 21.8 Å². The third kappa shape index (κ3) is 3.77. The van der Waals surface area contributed by atoms with Gasteiger partial charge in [0.15, 0.2) is 0 Å². The van der Waals surface area contributed by atoms with Gasteiger partial charge in [0, 0.05) is 48.1 Å². The average Bonchev–Trinajstić information content (AvgIpc) is 3.39. The van der Waals surface area contributed by atoms with E-state index in [0.717, 1.165) is 34.2 Å². The Morgan fingerprint density at radius 1 is 0.933 bits per heavy atom. The molecule has 0 saturated heterocycles. The molecule has 0 fully saturated rings. The fourth-order valence-corrected chi connectivity index (χ4v) is 3.63. The van der Waals surface area contributed by atoms with Crippen molar-refractivity contribution in [2.45, 2.75) is 13.0 Å². The molecule has 0 atom stereocenters. The van der Waals surface area contributed by atoms with E-state index in [1.165, 1.54) is 10.9 Å². The number of hydrogen-bond acceptors (Lipinski definition) is 5. The van der Waals surface area contributed by atoms with Crippen molar-refractivity contribution in [3.05, 3.63) is 78.2 Å². The molecule has 0 radical (unpaired) electrons. The monoisotopic (exact) mass is 398 g/mol. The lowest BCUT2D eigenvalue weighted by Crippen LogP contribution is -2.09. The van der Waals surface area contributed by atoms with Crippen LogP contribution in [0, 0.1) is 0 Å². The van der Waals surface area contributed by atoms with Crippen LogP contribution in [-0.4, -0.2) is 31.6 Å². The van der Waals surface area contributed by atoms with E-state index in [1.54, 1.807) is 18.3 Å². The van der Waals surface area contributed by atoms with Crippen LogP contribution in [0.4, 0.5) is 11.8 Å². The van der Waals surface area contributed by atoms with Gasteiger partial charge in [0.25, 0.3) is 0 Å². The Morgan fingerprint density at radius 3 is 2.83 bits per heavy atom. The van der Waals surface area contributed by atoms with Gasteiger partial charge >= 0.3 is 0 Å². The van der Waals surface area contributed by atoms with Crippen LogP contribution < -0.4 is 10.6 Å². The van der Waals surface area contributed by atoms with Crippen LogP contribution in [0.1, 0.15) is 11.1 Å². The van der Waals surface area contributed by atoms with Gasteiger partial charge in [-0.1, -0.05) is 6.07 Å². The summed E-state index contributed by atoms with van der Waals surface area (Å²) in [7, 11) is 0. The Morgan fingerprint density at radius 2 is 1.87 bits per heavy atom. The van der Waals surface area contributed by atoms with E-state index in [9.17, 15) is 5.11 Å². The molecule has 3 heterocycles. The standard InChI is InChI=1S/C23H22N6O/c30-18-2-4-21-19(12-18)17(14-27-21)6-9-25-23-26-10-7-22(29-23)28-13-15-1-3-20-16(11-15)5-8-24-20/h1-5,7-8,10-12,14,24,27,30H,6,9,13H2,(H2,25,26,28,29). The molecule has 0 aliphatic carbocycles. The summed E-state index contributed by atoms with van der Waals surface area (Å²) in [6.45, 7) is 1.38. The van der Waals surface area contributed by atoms with Crippen molar-refractivity contribution in [3.8, 4) is 5.75 Å². The lowest BCUT2D eigenvalue weighted by atomic mass is 10.1. The van der Waals surface area contributed by atoms with Crippen molar-refractivity contribution < 1.29 is 5.11 Å². The number of anilines is 2. The summed E-state index contributed by atoms with van der Waals surface area (Å²) >= 11 is 0. The van der Waals surface area contributed by atoms with Crippen molar-refractivity contribution in [1.29, 1.82) is 0 Å². The molecular formula is C23H22N6O. The first kappa shape index (κ1) is 18.1. The Hall–Kier alpha value is -4.00. The summed E-state index contributed by atoms with van der Waals surface area (Å²) in [6, 6.07) is 15.6. The SMILES string of the molecule is Oc1ccc2[nH]cc(CCNc3nccc(NCc4ccc5[nH]ccc5c4)n3)c2c1. The van der Waals surface area contributed by atoms with Gasteiger partial charge in [-0.25, -0.2) is 4.98 Å². The van der Waals surface area contributed by atoms with E-state index < -0.39 is 0 Å². The number of aromatic nitrogens is 4. The molecule has 2 aromatic carbocycles. The van der Waals surface area contributed by atoms with Gasteiger partial charge in [0.2, 0.25) is 5.95 Å². The van der Waals surface area contributed by atoms with Crippen LogP contribution in [0.15, 0.2) is 67.1 Å². The Balaban J connectivity index is 1.19. The second-order valence-corrected chi connectivity index (χ2v) is 7.24. The van der Waals surface area contributed by atoms with Gasteiger partial charge in [0.05, 0.1) is 0 Å². The number of nitrogens with zero attached hydrogens (tertiary/aromatic N) is 2. The number of benzene rings is 2. The normalized spacial score (nSPS) is 11.2. The quantitative estimate of drug-likeness (QED) is 0.279. The number of rotatable bonds is 7. The topological polar surface area (TPSA) is 102 Å². The maximum absolute atomic E-state index is 9.72. The molecule has 0 amide bonds. The average molecular weight is 398 g/mol. The van der Waals surface area contributed by atoms with Gasteiger partial charge in [-0.3, -0.25) is 0 Å². The predicted molar refractivity (Wildman–Crippen MR) is 120 cm³/mol. The van der Waals surface area contributed by atoms with Gasteiger partial charge in [-0.15, -0.1) is 0 Å². The molecule has 0 spiro atoms. The molecule has 0 saturated carbocycles. The highest BCUT2D eigenvalue weighted by Crippen LogP contribution is 2.23. The zero-order chi connectivity index (χ0) is 20.3. The molecule has 0 unspecified atom stereocenters. The molecule has 3 aromatic heterocycles. The van der Waals surface area contributed by atoms with E-state index in [0.29, 0.717) is 19.0 Å². The Kier molecular flexibility index (Phi) is 4.69. The molecular weight excluding hydrogens is 376 g/mol. The van der Waals surface area contributed by atoms with Crippen molar-refractivity contribution >= 4 is 33.6 Å². The lowest BCUT2D eigenvalue weighted by Gasteiger charge is -2.09. The minimum absolute atomic E-state index is 0.272. The lowest BCUT2D eigenvalue weighted by molar-refractivity contribution is 0.476. The maximum atomic E-state index is 9.72. The highest BCUT2D eigenvalue weighted by Gasteiger charge is 2.06. The van der Waals surface area contributed by atoms with Gasteiger partial charge in [-0.05, 0) is 65.4 Å².